The SMILES string of the molecule is COC(=O)c1ccc(-c2cn(Cc3ccccc3)nn2)cc1. The van der Waals surface area contributed by atoms with Gasteiger partial charge in [-0.25, -0.2) is 9.48 Å². The van der Waals surface area contributed by atoms with Gasteiger partial charge in [0.1, 0.15) is 5.69 Å². The largest absolute Gasteiger partial charge is 0.465 e. The Morgan fingerprint density at radius 1 is 1.09 bits per heavy atom. The fourth-order valence-electron chi connectivity index (χ4n) is 2.17. The fraction of sp³-hybridized carbons (Fsp3) is 0.118. The van der Waals surface area contributed by atoms with Gasteiger partial charge in [-0.2, -0.15) is 0 Å². The van der Waals surface area contributed by atoms with Crippen LogP contribution >= 0.6 is 0 Å². The molecular formula is C17H15N3O2. The van der Waals surface area contributed by atoms with Crippen LogP contribution in [-0.2, 0) is 11.3 Å². The highest BCUT2D eigenvalue weighted by Crippen LogP contribution is 2.17. The lowest BCUT2D eigenvalue weighted by Crippen LogP contribution is -2.00. The van der Waals surface area contributed by atoms with Crippen LogP contribution in [0.15, 0.2) is 60.8 Å². The predicted molar refractivity (Wildman–Crippen MR) is 82.3 cm³/mol. The lowest BCUT2D eigenvalue weighted by Gasteiger charge is -2.00. The Bertz CT molecular complexity index is 764. The van der Waals surface area contributed by atoms with Crippen LogP contribution < -0.4 is 0 Å². The number of esters is 1. The van der Waals surface area contributed by atoms with E-state index in [9.17, 15) is 4.79 Å². The quantitative estimate of drug-likeness (QED) is 0.694. The highest BCUT2D eigenvalue weighted by atomic mass is 16.5. The summed E-state index contributed by atoms with van der Waals surface area (Å²) in [4.78, 5) is 11.4. The zero-order valence-corrected chi connectivity index (χ0v) is 12.1. The Morgan fingerprint density at radius 3 is 2.50 bits per heavy atom. The molecule has 0 aliphatic rings. The normalized spacial score (nSPS) is 10.4. The summed E-state index contributed by atoms with van der Waals surface area (Å²) in [5, 5.41) is 8.31. The molecule has 0 saturated heterocycles. The van der Waals surface area contributed by atoms with Gasteiger partial charge < -0.3 is 4.74 Å². The van der Waals surface area contributed by atoms with Crippen LogP contribution in [0.1, 0.15) is 15.9 Å². The molecule has 0 aliphatic heterocycles. The summed E-state index contributed by atoms with van der Waals surface area (Å²) in [5.74, 6) is -0.348. The third kappa shape index (κ3) is 3.03. The molecule has 0 unspecified atom stereocenters. The third-order valence-electron chi connectivity index (χ3n) is 3.33. The van der Waals surface area contributed by atoms with Crippen molar-refractivity contribution in [3.05, 3.63) is 71.9 Å². The van der Waals surface area contributed by atoms with Gasteiger partial charge in [-0.05, 0) is 17.7 Å². The first-order valence-electron chi connectivity index (χ1n) is 6.89. The molecule has 0 amide bonds. The molecule has 3 aromatic rings. The smallest absolute Gasteiger partial charge is 0.337 e. The topological polar surface area (TPSA) is 57.0 Å². The van der Waals surface area contributed by atoms with Crippen molar-refractivity contribution in [2.75, 3.05) is 7.11 Å². The molecule has 2 aromatic carbocycles. The van der Waals surface area contributed by atoms with E-state index in [1.165, 1.54) is 12.7 Å². The molecule has 3 rings (SSSR count). The summed E-state index contributed by atoms with van der Waals surface area (Å²) in [6.07, 6.45) is 1.89. The number of hydrogen-bond donors (Lipinski definition) is 0. The molecule has 5 heteroatoms. The number of rotatable bonds is 4. The molecule has 0 atom stereocenters. The minimum atomic E-state index is -0.348. The Balaban J connectivity index is 1.77. The monoisotopic (exact) mass is 293 g/mol. The zero-order valence-electron chi connectivity index (χ0n) is 12.1. The van der Waals surface area contributed by atoms with E-state index in [4.69, 9.17) is 0 Å². The summed E-state index contributed by atoms with van der Waals surface area (Å²) >= 11 is 0. The van der Waals surface area contributed by atoms with Crippen LogP contribution in [0.25, 0.3) is 11.3 Å². The van der Waals surface area contributed by atoms with Crippen LogP contribution in [0.5, 0.6) is 0 Å². The molecule has 0 saturated carbocycles. The van der Waals surface area contributed by atoms with Gasteiger partial charge in [0.25, 0.3) is 0 Å². The van der Waals surface area contributed by atoms with Crippen molar-refractivity contribution in [1.82, 2.24) is 15.0 Å². The van der Waals surface area contributed by atoms with Gasteiger partial charge in [0, 0.05) is 5.56 Å². The van der Waals surface area contributed by atoms with E-state index in [1.807, 2.05) is 48.7 Å². The second-order valence-corrected chi connectivity index (χ2v) is 4.86. The first kappa shape index (κ1) is 14.0. The number of aromatic nitrogens is 3. The van der Waals surface area contributed by atoms with Crippen LogP contribution in [0.4, 0.5) is 0 Å². The van der Waals surface area contributed by atoms with Crippen molar-refractivity contribution in [3.63, 3.8) is 0 Å². The first-order valence-corrected chi connectivity index (χ1v) is 6.89. The van der Waals surface area contributed by atoms with Gasteiger partial charge in [0.15, 0.2) is 0 Å². The lowest BCUT2D eigenvalue weighted by atomic mass is 10.1. The van der Waals surface area contributed by atoms with Gasteiger partial charge in [0.05, 0.1) is 25.4 Å². The van der Waals surface area contributed by atoms with Crippen LogP contribution in [0, 0.1) is 0 Å². The average molecular weight is 293 g/mol. The molecule has 110 valence electrons. The van der Waals surface area contributed by atoms with Crippen LogP contribution in [0.3, 0.4) is 0 Å². The number of nitrogens with zero attached hydrogens (tertiary/aromatic N) is 3. The van der Waals surface area contributed by atoms with E-state index in [0.29, 0.717) is 12.1 Å². The van der Waals surface area contributed by atoms with Gasteiger partial charge in [-0.1, -0.05) is 47.7 Å². The van der Waals surface area contributed by atoms with Gasteiger partial charge in [0.2, 0.25) is 0 Å². The van der Waals surface area contributed by atoms with Crippen molar-refractivity contribution in [2.24, 2.45) is 0 Å². The molecule has 5 nitrogen and oxygen atoms in total. The summed E-state index contributed by atoms with van der Waals surface area (Å²) < 4.78 is 6.47. The lowest BCUT2D eigenvalue weighted by molar-refractivity contribution is 0.0601. The number of ether oxygens (including phenoxy) is 1. The number of hydrogen-bond acceptors (Lipinski definition) is 4. The van der Waals surface area contributed by atoms with Crippen LogP contribution in [-0.4, -0.2) is 28.1 Å². The van der Waals surface area contributed by atoms with E-state index < -0.39 is 0 Å². The maximum absolute atomic E-state index is 11.4. The second kappa shape index (κ2) is 6.22. The highest BCUT2D eigenvalue weighted by molar-refractivity contribution is 5.89. The molecule has 22 heavy (non-hydrogen) atoms. The molecule has 1 heterocycles. The average Bonchev–Trinajstić information content (AvgIpc) is 3.04. The Labute approximate surface area is 128 Å². The molecule has 0 fully saturated rings. The van der Waals surface area contributed by atoms with Crippen molar-refractivity contribution >= 4 is 5.97 Å². The summed E-state index contributed by atoms with van der Waals surface area (Å²) in [5.41, 5.74) is 3.36. The van der Waals surface area contributed by atoms with E-state index in [-0.39, 0.29) is 5.97 Å². The molecule has 0 radical (unpaired) electrons. The molecule has 0 spiro atoms. The molecule has 0 bridgehead atoms. The number of methoxy groups -OCH3 is 1. The van der Waals surface area contributed by atoms with Crippen molar-refractivity contribution in [1.29, 1.82) is 0 Å². The Kier molecular flexibility index (Phi) is 3.96. The van der Waals surface area contributed by atoms with E-state index >= 15 is 0 Å². The fourth-order valence-corrected chi connectivity index (χ4v) is 2.17. The standard InChI is InChI=1S/C17H15N3O2/c1-22-17(21)15-9-7-14(8-10-15)16-12-20(19-18-16)11-13-5-3-2-4-6-13/h2-10,12H,11H2,1H3. The third-order valence-corrected chi connectivity index (χ3v) is 3.33. The van der Waals surface area contributed by atoms with Crippen molar-refractivity contribution in [3.8, 4) is 11.3 Å². The number of carbonyl (C=O) groups is 1. The molecule has 0 N–H and O–H groups in total. The number of carbonyl (C=O) groups excluding carboxylic acids is 1. The minimum absolute atomic E-state index is 0.348. The Morgan fingerprint density at radius 2 is 1.82 bits per heavy atom. The van der Waals surface area contributed by atoms with Crippen LogP contribution in [0.2, 0.25) is 0 Å². The first-order chi connectivity index (χ1) is 10.8. The van der Waals surface area contributed by atoms with Crippen molar-refractivity contribution < 1.29 is 9.53 Å². The van der Waals surface area contributed by atoms with E-state index in [2.05, 4.69) is 15.0 Å². The summed E-state index contributed by atoms with van der Waals surface area (Å²) in [7, 11) is 1.37. The zero-order chi connectivity index (χ0) is 15.4. The summed E-state index contributed by atoms with van der Waals surface area (Å²) in [6, 6.07) is 17.2. The maximum Gasteiger partial charge on any atom is 0.337 e. The maximum atomic E-state index is 11.4. The molecular weight excluding hydrogens is 278 g/mol. The molecule has 1 aromatic heterocycles. The van der Waals surface area contributed by atoms with Gasteiger partial charge >= 0.3 is 5.97 Å². The van der Waals surface area contributed by atoms with E-state index in [1.54, 1.807) is 16.8 Å². The van der Waals surface area contributed by atoms with Gasteiger partial charge in [-0.15, -0.1) is 5.10 Å². The van der Waals surface area contributed by atoms with Gasteiger partial charge in [-0.3, -0.25) is 0 Å². The van der Waals surface area contributed by atoms with Crippen molar-refractivity contribution in [2.45, 2.75) is 6.54 Å². The second-order valence-electron chi connectivity index (χ2n) is 4.86. The Hall–Kier alpha value is -2.95. The highest BCUT2D eigenvalue weighted by Gasteiger charge is 2.08. The predicted octanol–water partition coefficient (Wildman–Crippen LogP) is 2.78. The molecule has 0 aliphatic carbocycles. The minimum Gasteiger partial charge on any atom is -0.465 e. The van der Waals surface area contributed by atoms with E-state index in [0.717, 1.165) is 11.3 Å². The summed E-state index contributed by atoms with van der Waals surface area (Å²) in [6.45, 7) is 0.675. The number of benzene rings is 2.